The van der Waals surface area contributed by atoms with Crippen LogP contribution in [-0.2, 0) is 0 Å². The van der Waals surface area contributed by atoms with E-state index in [1.165, 1.54) is 19.2 Å². The molecule has 1 rings (SSSR count). The average molecular weight is 224 g/mol. The number of rotatable bonds is 4. The van der Waals surface area contributed by atoms with Gasteiger partial charge in [0.1, 0.15) is 5.75 Å². The highest BCUT2D eigenvalue weighted by Crippen LogP contribution is 2.31. The van der Waals surface area contributed by atoms with Crippen molar-refractivity contribution < 1.29 is 9.66 Å². The van der Waals surface area contributed by atoms with Gasteiger partial charge in [0, 0.05) is 23.7 Å². The molecule has 0 saturated carbocycles. The topological polar surface area (TPSA) is 78.4 Å². The summed E-state index contributed by atoms with van der Waals surface area (Å²) in [5, 5.41) is 10.7. The summed E-state index contributed by atoms with van der Waals surface area (Å²) in [5.74, 6) is 0.780. The third kappa shape index (κ3) is 2.49. The maximum atomic E-state index is 10.7. The number of nitrogens with zero attached hydrogens (tertiary/aromatic N) is 1. The summed E-state index contributed by atoms with van der Waals surface area (Å²) in [6, 6.07) is 4.20. The van der Waals surface area contributed by atoms with E-state index >= 15 is 0 Å². The minimum absolute atomic E-state index is 0.0342. The molecule has 0 spiro atoms. The summed E-state index contributed by atoms with van der Waals surface area (Å²) >= 11 is 0. The zero-order chi connectivity index (χ0) is 12.3. The largest absolute Gasteiger partial charge is 0.496 e. The minimum atomic E-state index is -0.435. The van der Waals surface area contributed by atoms with Crippen LogP contribution in [0.5, 0.6) is 5.75 Å². The Labute approximate surface area is 94.4 Å². The lowest BCUT2D eigenvalue weighted by Crippen LogP contribution is -2.17. The second-order valence-electron chi connectivity index (χ2n) is 3.95. The summed E-state index contributed by atoms with van der Waals surface area (Å²) in [6.07, 6.45) is 0. The van der Waals surface area contributed by atoms with Gasteiger partial charge in [0.05, 0.1) is 12.0 Å². The van der Waals surface area contributed by atoms with Crippen LogP contribution >= 0.6 is 0 Å². The second kappa shape index (κ2) is 4.94. The first-order valence-corrected chi connectivity index (χ1v) is 5.05. The zero-order valence-electron chi connectivity index (χ0n) is 9.64. The lowest BCUT2D eigenvalue weighted by molar-refractivity contribution is -0.385. The number of nitrogens with two attached hydrogens (primary N) is 1. The molecule has 0 aromatic heterocycles. The lowest BCUT2D eigenvalue weighted by atomic mass is 9.96. The van der Waals surface area contributed by atoms with Crippen LogP contribution in [0, 0.1) is 16.0 Å². The number of non-ortho nitro benzene ring substituents is 1. The van der Waals surface area contributed by atoms with Crippen molar-refractivity contribution in [3.05, 3.63) is 33.9 Å². The van der Waals surface area contributed by atoms with E-state index in [1.54, 1.807) is 6.07 Å². The third-order valence-electron chi connectivity index (χ3n) is 2.50. The van der Waals surface area contributed by atoms with Gasteiger partial charge in [-0.3, -0.25) is 10.1 Å². The molecule has 1 aromatic carbocycles. The van der Waals surface area contributed by atoms with Gasteiger partial charge in [0.15, 0.2) is 0 Å². The number of hydrogen-bond donors (Lipinski definition) is 1. The van der Waals surface area contributed by atoms with Gasteiger partial charge in [-0.05, 0) is 12.0 Å². The molecule has 5 nitrogen and oxygen atoms in total. The van der Waals surface area contributed by atoms with Crippen molar-refractivity contribution in [3.63, 3.8) is 0 Å². The highest BCUT2D eigenvalue weighted by molar-refractivity contribution is 5.45. The molecule has 1 atom stereocenters. The highest BCUT2D eigenvalue weighted by Gasteiger charge is 2.18. The molecule has 0 aliphatic rings. The Bertz CT molecular complexity index is 391. The van der Waals surface area contributed by atoms with Crippen molar-refractivity contribution in [1.82, 2.24) is 0 Å². The second-order valence-corrected chi connectivity index (χ2v) is 3.95. The van der Waals surface area contributed by atoms with E-state index < -0.39 is 4.92 Å². The first-order valence-electron chi connectivity index (χ1n) is 5.05. The monoisotopic (exact) mass is 224 g/mol. The van der Waals surface area contributed by atoms with Crippen molar-refractivity contribution in [3.8, 4) is 5.75 Å². The fourth-order valence-corrected chi connectivity index (χ4v) is 1.45. The van der Waals surface area contributed by atoms with Gasteiger partial charge < -0.3 is 10.5 Å². The minimum Gasteiger partial charge on any atom is -0.496 e. The number of benzene rings is 1. The van der Waals surface area contributed by atoms with Crippen LogP contribution in [0.3, 0.4) is 0 Å². The molecule has 16 heavy (non-hydrogen) atoms. The molecule has 0 amide bonds. The van der Waals surface area contributed by atoms with Crippen molar-refractivity contribution in [2.24, 2.45) is 11.7 Å². The predicted octanol–water partition coefficient (Wildman–Crippen LogP) is 2.26. The van der Waals surface area contributed by atoms with Crippen LogP contribution in [0.4, 0.5) is 5.69 Å². The van der Waals surface area contributed by atoms with E-state index in [1.807, 2.05) is 13.8 Å². The Morgan fingerprint density at radius 1 is 1.44 bits per heavy atom. The highest BCUT2D eigenvalue weighted by atomic mass is 16.6. The molecule has 88 valence electrons. The van der Waals surface area contributed by atoms with Gasteiger partial charge in [0.25, 0.3) is 5.69 Å². The molecule has 0 bridgehead atoms. The molecule has 1 aromatic rings. The van der Waals surface area contributed by atoms with Crippen molar-refractivity contribution in [1.29, 1.82) is 0 Å². The van der Waals surface area contributed by atoms with Gasteiger partial charge in [-0.1, -0.05) is 13.8 Å². The molecular weight excluding hydrogens is 208 g/mol. The normalized spacial score (nSPS) is 12.6. The first kappa shape index (κ1) is 12.4. The van der Waals surface area contributed by atoms with Crippen LogP contribution in [-0.4, -0.2) is 12.0 Å². The molecule has 0 saturated heterocycles. The molecule has 0 heterocycles. The van der Waals surface area contributed by atoms with Crippen LogP contribution in [0.15, 0.2) is 18.2 Å². The van der Waals surface area contributed by atoms with Gasteiger partial charge in [-0.25, -0.2) is 0 Å². The zero-order valence-corrected chi connectivity index (χ0v) is 9.64. The molecular formula is C11H16N2O3. The fourth-order valence-electron chi connectivity index (χ4n) is 1.45. The fraction of sp³-hybridized carbons (Fsp3) is 0.455. The van der Waals surface area contributed by atoms with Crippen LogP contribution < -0.4 is 10.5 Å². The summed E-state index contributed by atoms with van der Waals surface area (Å²) in [4.78, 5) is 10.2. The Balaban J connectivity index is 3.21. The summed E-state index contributed by atoms with van der Waals surface area (Å²) in [7, 11) is 1.53. The third-order valence-corrected chi connectivity index (χ3v) is 2.50. The smallest absolute Gasteiger partial charge is 0.270 e. The number of hydrogen-bond acceptors (Lipinski definition) is 4. The molecule has 0 fully saturated rings. The van der Waals surface area contributed by atoms with E-state index in [4.69, 9.17) is 10.5 Å². The average Bonchev–Trinajstić information content (AvgIpc) is 2.26. The quantitative estimate of drug-likeness (QED) is 0.628. The number of nitro groups is 1. The van der Waals surface area contributed by atoms with E-state index in [0.29, 0.717) is 11.3 Å². The van der Waals surface area contributed by atoms with E-state index in [-0.39, 0.29) is 17.6 Å². The van der Waals surface area contributed by atoms with Gasteiger partial charge in [0.2, 0.25) is 0 Å². The van der Waals surface area contributed by atoms with Crippen molar-refractivity contribution in [2.45, 2.75) is 19.9 Å². The number of methoxy groups -OCH3 is 1. The summed E-state index contributed by atoms with van der Waals surface area (Å²) in [6.45, 7) is 3.92. The number of ether oxygens (including phenoxy) is 1. The van der Waals surface area contributed by atoms with Gasteiger partial charge in [-0.15, -0.1) is 0 Å². The van der Waals surface area contributed by atoms with Crippen molar-refractivity contribution in [2.75, 3.05) is 7.11 Å². The van der Waals surface area contributed by atoms with E-state index in [9.17, 15) is 10.1 Å². The molecule has 0 aliphatic heterocycles. The molecule has 2 N–H and O–H groups in total. The maximum absolute atomic E-state index is 10.7. The van der Waals surface area contributed by atoms with E-state index in [2.05, 4.69) is 0 Å². The predicted molar refractivity (Wildman–Crippen MR) is 61.4 cm³/mol. The SMILES string of the molecule is COc1ccc([N+](=O)[O-])cc1C(N)C(C)C. The Morgan fingerprint density at radius 2 is 2.06 bits per heavy atom. The summed E-state index contributed by atoms with van der Waals surface area (Å²) in [5.41, 5.74) is 6.69. The van der Waals surface area contributed by atoms with Gasteiger partial charge >= 0.3 is 0 Å². The lowest BCUT2D eigenvalue weighted by Gasteiger charge is -2.18. The maximum Gasteiger partial charge on any atom is 0.270 e. The Kier molecular flexibility index (Phi) is 3.84. The van der Waals surface area contributed by atoms with Crippen LogP contribution in [0.1, 0.15) is 25.5 Å². The van der Waals surface area contributed by atoms with Gasteiger partial charge in [-0.2, -0.15) is 0 Å². The molecule has 1 unspecified atom stereocenters. The molecule has 0 radical (unpaired) electrons. The van der Waals surface area contributed by atoms with Crippen LogP contribution in [0.25, 0.3) is 0 Å². The summed E-state index contributed by atoms with van der Waals surface area (Å²) < 4.78 is 5.15. The molecule has 0 aliphatic carbocycles. The standard InChI is InChI=1S/C11H16N2O3/c1-7(2)11(12)9-6-8(13(14)15)4-5-10(9)16-3/h4-7,11H,12H2,1-3H3. The van der Waals surface area contributed by atoms with E-state index in [0.717, 1.165) is 0 Å². The first-order chi connectivity index (χ1) is 7.47. The Morgan fingerprint density at radius 3 is 2.50 bits per heavy atom. The Hall–Kier alpha value is -1.62. The molecule has 5 heteroatoms. The van der Waals surface area contributed by atoms with Crippen molar-refractivity contribution >= 4 is 5.69 Å². The number of nitro benzene ring substituents is 1. The van der Waals surface area contributed by atoms with Crippen LogP contribution in [0.2, 0.25) is 0 Å².